The Morgan fingerprint density at radius 3 is 2.00 bits per heavy atom. The van der Waals surface area contributed by atoms with Crippen LogP contribution in [0.15, 0.2) is 0 Å². The highest BCUT2D eigenvalue weighted by Gasteiger charge is 2.32. The minimum atomic E-state index is -1.20. The zero-order chi connectivity index (χ0) is 6.15. The highest BCUT2D eigenvalue weighted by atomic mass is 16.6. The average molecular weight is 120 g/mol. The third kappa shape index (κ3) is 0.830. The Hall–Kier alpha value is -0.160. The molecule has 1 saturated heterocycles. The molecular formula is C4H8O4. The zero-order valence-corrected chi connectivity index (χ0v) is 4.19. The van der Waals surface area contributed by atoms with Gasteiger partial charge in [-0.1, -0.05) is 0 Å². The lowest BCUT2D eigenvalue weighted by atomic mass is 10.2. The van der Waals surface area contributed by atoms with Crippen LogP contribution in [0.5, 0.6) is 0 Å². The Morgan fingerprint density at radius 2 is 1.88 bits per heavy atom. The van der Waals surface area contributed by atoms with Crippen LogP contribution in [0, 0.1) is 0 Å². The van der Waals surface area contributed by atoms with E-state index in [1.165, 1.54) is 0 Å². The molecule has 0 aromatic carbocycles. The van der Waals surface area contributed by atoms with Gasteiger partial charge in [-0.25, -0.2) is 0 Å². The maximum Gasteiger partial charge on any atom is 0.183 e. The van der Waals surface area contributed by atoms with Gasteiger partial charge >= 0.3 is 0 Å². The normalized spacial score (nSPS) is 47.6. The van der Waals surface area contributed by atoms with Crippen molar-refractivity contribution in [2.75, 3.05) is 6.61 Å². The molecule has 0 unspecified atom stereocenters. The molecule has 1 aliphatic rings. The first kappa shape index (κ1) is 5.97. The molecule has 8 heavy (non-hydrogen) atoms. The second kappa shape index (κ2) is 1.99. The van der Waals surface area contributed by atoms with Gasteiger partial charge in [0, 0.05) is 0 Å². The van der Waals surface area contributed by atoms with E-state index in [9.17, 15) is 0 Å². The lowest BCUT2D eigenvalue weighted by molar-refractivity contribution is -0.111. The highest BCUT2D eigenvalue weighted by molar-refractivity contribution is 4.75. The van der Waals surface area contributed by atoms with Gasteiger partial charge in [0.1, 0.15) is 12.2 Å². The van der Waals surface area contributed by atoms with Crippen molar-refractivity contribution in [2.45, 2.75) is 18.5 Å². The third-order valence-corrected chi connectivity index (χ3v) is 1.12. The zero-order valence-electron chi connectivity index (χ0n) is 4.19. The first-order valence-corrected chi connectivity index (χ1v) is 2.37. The highest BCUT2D eigenvalue weighted by Crippen LogP contribution is 2.10. The van der Waals surface area contributed by atoms with E-state index in [2.05, 4.69) is 4.74 Å². The van der Waals surface area contributed by atoms with Gasteiger partial charge in [-0.3, -0.25) is 0 Å². The molecule has 1 heterocycles. The summed E-state index contributed by atoms with van der Waals surface area (Å²) in [5, 5.41) is 25.8. The maximum absolute atomic E-state index is 8.64. The molecule has 0 spiro atoms. The molecule has 0 aromatic heterocycles. The molecule has 48 valence electrons. The molecule has 4 nitrogen and oxygen atoms in total. The minimum absolute atomic E-state index is 0.0162. The molecule has 1 rings (SSSR count). The molecule has 1 aliphatic heterocycles. The van der Waals surface area contributed by atoms with Crippen LogP contribution < -0.4 is 0 Å². The number of hydrogen-bond donors (Lipinski definition) is 3. The smallest absolute Gasteiger partial charge is 0.183 e. The van der Waals surface area contributed by atoms with Gasteiger partial charge in [-0.2, -0.15) is 0 Å². The van der Waals surface area contributed by atoms with Crippen LogP contribution in [0.25, 0.3) is 0 Å². The predicted octanol–water partition coefficient (Wildman–Crippen LogP) is -1.94. The van der Waals surface area contributed by atoms with Crippen molar-refractivity contribution in [3.05, 3.63) is 0 Å². The molecule has 3 N–H and O–H groups in total. The molecule has 1 fully saturated rings. The summed E-state index contributed by atoms with van der Waals surface area (Å²) in [7, 11) is 0. The number of hydrogen-bond acceptors (Lipinski definition) is 4. The number of rotatable bonds is 0. The van der Waals surface area contributed by atoms with Gasteiger partial charge in [-0.15, -0.1) is 0 Å². The molecule has 0 aliphatic carbocycles. The third-order valence-electron chi connectivity index (χ3n) is 1.12. The van der Waals surface area contributed by atoms with Crippen molar-refractivity contribution in [1.82, 2.24) is 0 Å². The summed E-state index contributed by atoms with van der Waals surface area (Å²) in [5.74, 6) is 0. The molecule has 0 aromatic rings. The standard InChI is InChI=1S/C4H8O4/c5-2-1-8-4(7)3(2)6/h2-7H,1H2/t2-,3-,4-/m0/s1. The summed E-state index contributed by atoms with van der Waals surface area (Å²) < 4.78 is 4.43. The van der Waals surface area contributed by atoms with E-state index in [-0.39, 0.29) is 6.61 Å². The first-order valence-electron chi connectivity index (χ1n) is 2.37. The maximum atomic E-state index is 8.64. The van der Waals surface area contributed by atoms with E-state index < -0.39 is 18.5 Å². The van der Waals surface area contributed by atoms with E-state index in [1.807, 2.05) is 0 Å². The van der Waals surface area contributed by atoms with Crippen LogP contribution in [-0.4, -0.2) is 40.4 Å². The average Bonchev–Trinajstić information content (AvgIpc) is 1.98. The Balaban J connectivity index is 2.44. The van der Waals surface area contributed by atoms with Gasteiger partial charge in [0.15, 0.2) is 6.29 Å². The second-order valence-electron chi connectivity index (χ2n) is 1.78. The Bertz CT molecular complexity index is 74.1. The second-order valence-corrected chi connectivity index (χ2v) is 1.78. The Morgan fingerprint density at radius 1 is 1.25 bits per heavy atom. The van der Waals surface area contributed by atoms with Crippen molar-refractivity contribution in [3.8, 4) is 0 Å². The lowest BCUT2D eigenvalue weighted by Gasteiger charge is -2.06. The molecule has 0 saturated carbocycles. The van der Waals surface area contributed by atoms with Crippen LogP contribution >= 0.6 is 0 Å². The van der Waals surface area contributed by atoms with Crippen LogP contribution in [0.1, 0.15) is 0 Å². The Kier molecular flexibility index (Phi) is 1.48. The van der Waals surface area contributed by atoms with Gasteiger partial charge in [0.2, 0.25) is 0 Å². The summed E-state index contributed by atoms with van der Waals surface area (Å²) >= 11 is 0. The van der Waals surface area contributed by atoms with E-state index >= 15 is 0 Å². The fraction of sp³-hybridized carbons (Fsp3) is 1.00. The number of ether oxygens (including phenoxy) is 1. The van der Waals surface area contributed by atoms with Crippen molar-refractivity contribution in [3.63, 3.8) is 0 Å². The summed E-state index contributed by atoms with van der Waals surface area (Å²) in [5.41, 5.74) is 0. The van der Waals surface area contributed by atoms with Crippen LogP contribution in [0.3, 0.4) is 0 Å². The number of aliphatic hydroxyl groups excluding tert-OH is 3. The fourth-order valence-electron chi connectivity index (χ4n) is 0.584. The van der Waals surface area contributed by atoms with Gasteiger partial charge in [0.05, 0.1) is 6.61 Å². The molecule has 0 amide bonds. The monoisotopic (exact) mass is 120 g/mol. The molecule has 0 radical (unpaired) electrons. The summed E-state index contributed by atoms with van der Waals surface area (Å²) in [6.45, 7) is 0.0162. The number of aliphatic hydroxyl groups is 3. The quantitative estimate of drug-likeness (QED) is 0.348. The van der Waals surface area contributed by atoms with Crippen molar-refractivity contribution in [1.29, 1.82) is 0 Å². The van der Waals surface area contributed by atoms with Gasteiger partial charge < -0.3 is 20.1 Å². The van der Waals surface area contributed by atoms with Crippen LogP contribution in [0.2, 0.25) is 0 Å². The lowest BCUT2D eigenvalue weighted by Crippen LogP contribution is -2.29. The van der Waals surface area contributed by atoms with E-state index in [1.54, 1.807) is 0 Å². The summed E-state index contributed by atoms with van der Waals surface area (Å²) in [4.78, 5) is 0. The SMILES string of the molecule is O[C@H]1[C@@H](O)CO[C@@H]1O. The molecule has 4 heteroatoms. The van der Waals surface area contributed by atoms with Gasteiger partial charge in [0.25, 0.3) is 0 Å². The van der Waals surface area contributed by atoms with E-state index in [0.717, 1.165) is 0 Å². The molecule has 0 bridgehead atoms. The fourth-order valence-corrected chi connectivity index (χ4v) is 0.584. The largest absolute Gasteiger partial charge is 0.388 e. The summed E-state index contributed by atoms with van der Waals surface area (Å²) in [6.07, 6.45) is -3.26. The van der Waals surface area contributed by atoms with Crippen molar-refractivity contribution < 1.29 is 20.1 Å². The van der Waals surface area contributed by atoms with E-state index in [4.69, 9.17) is 15.3 Å². The van der Waals surface area contributed by atoms with Crippen molar-refractivity contribution in [2.24, 2.45) is 0 Å². The first-order chi connectivity index (χ1) is 3.72. The topological polar surface area (TPSA) is 69.9 Å². The van der Waals surface area contributed by atoms with Crippen LogP contribution in [0.4, 0.5) is 0 Å². The minimum Gasteiger partial charge on any atom is -0.388 e. The van der Waals surface area contributed by atoms with Gasteiger partial charge in [-0.05, 0) is 0 Å². The van der Waals surface area contributed by atoms with E-state index in [0.29, 0.717) is 0 Å². The molecule has 3 atom stereocenters. The predicted molar refractivity (Wildman–Crippen MR) is 24.0 cm³/mol. The van der Waals surface area contributed by atoms with Crippen LogP contribution in [-0.2, 0) is 4.74 Å². The molecular weight excluding hydrogens is 112 g/mol. The summed E-state index contributed by atoms with van der Waals surface area (Å²) in [6, 6.07) is 0. The Labute approximate surface area is 46.3 Å². The van der Waals surface area contributed by atoms with Crippen molar-refractivity contribution >= 4 is 0 Å².